The molecule has 0 atom stereocenters. The van der Waals surface area contributed by atoms with Crippen LogP contribution in [0.1, 0.15) is 6.92 Å². The maximum Gasteiger partial charge on any atom is 0.178 e. The van der Waals surface area contributed by atoms with Crippen molar-refractivity contribution < 1.29 is 4.74 Å². The fourth-order valence-corrected chi connectivity index (χ4v) is 1.92. The van der Waals surface area contributed by atoms with Gasteiger partial charge in [-0.25, -0.2) is 0 Å². The summed E-state index contributed by atoms with van der Waals surface area (Å²) in [4.78, 5) is 3.15. The molecule has 4 heteroatoms. The van der Waals surface area contributed by atoms with Gasteiger partial charge in [0.15, 0.2) is 4.77 Å². The number of ether oxygens (including phenoxy) is 1. The summed E-state index contributed by atoms with van der Waals surface area (Å²) in [5, 5.41) is 0. The molecular weight excluding hydrogens is 196 g/mol. The molecule has 0 amide bonds. The molecule has 0 unspecified atom stereocenters. The van der Waals surface area contributed by atoms with Gasteiger partial charge in [-0.3, -0.25) is 0 Å². The normalized spacial score (nSPS) is 10.7. The van der Waals surface area contributed by atoms with Gasteiger partial charge in [0.25, 0.3) is 0 Å². The van der Waals surface area contributed by atoms with Crippen molar-refractivity contribution in [2.45, 2.75) is 13.5 Å². The summed E-state index contributed by atoms with van der Waals surface area (Å²) in [6.45, 7) is 2.96. The lowest BCUT2D eigenvalue weighted by molar-refractivity contribution is 0.415. The second kappa shape index (κ2) is 3.46. The van der Waals surface area contributed by atoms with Crippen molar-refractivity contribution in [3.8, 4) is 5.75 Å². The van der Waals surface area contributed by atoms with Crippen LogP contribution in [0.5, 0.6) is 5.75 Å². The van der Waals surface area contributed by atoms with Gasteiger partial charge in [0.2, 0.25) is 0 Å². The van der Waals surface area contributed by atoms with E-state index in [1.807, 2.05) is 18.2 Å². The van der Waals surface area contributed by atoms with Gasteiger partial charge >= 0.3 is 0 Å². The first-order valence-electron chi connectivity index (χ1n) is 4.53. The number of nitrogens with one attached hydrogen (secondary N) is 1. The third-order valence-electron chi connectivity index (χ3n) is 2.30. The zero-order valence-electron chi connectivity index (χ0n) is 8.20. The molecule has 0 saturated heterocycles. The van der Waals surface area contributed by atoms with Gasteiger partial charge in [0.05, 0.1) is 18.1 Å². The van der Waals surface area contributed by atoms with E-state index >= 15 is 0 Å². The predicted octanol–water partition coefficient (Wildman–Crippen LogP) is 2.73. The van der Waals surface area contributed by atoms with Crippen molar-refractivity contribution in [2.75, 3.05) is 7.11 Å². The van der Waals surface area contributed by atoms with Crippen LogP contribution >= 0.6 is 12.2 Å². The Kier molecular flexibility index (Phi) is 2.29. The molecule has 1 N–H and O–H groups in total. The van der Waals surface area contributed by atoms with Gasteiger partial charge in [-0.2, -0.15) is 0 Å². The van der Waals surface area contributed by atoms with E-state index in [9.17, 15) is 0 Å². The SMILES string of the molecule is CCn1c(=S)[nH]c2cc(OC)ccc21. The van der Waals surface area contributed by atoms with Crippen LogP contribution in [0, 0.1) is 4.77 Å². The number of aromatic nitrogens is 2. The largest absolute Gasteiger partial charge is 0.497 e. The van der Waals surface area contributed by atoms with E-state index in [1.165, 1.54) is 0 Å². The summed E-state index contributed by atoms with van der Waals surface area (Å²) in [5.74, 6) is 0.844. The van der Waals surface area contributed by atoms with E-state index in [-0.39, 0.29) is 0 Å². The highest BCUT2D eigenvalue weighted by Crippen LogP contribution is 2.20. The first kappa shape index (κ1) is 9.27. The summed E-state index contributed by atoms with van der Waals surface area (Å²) < 4.78 is 7.96. The van der Waals surface area contributed by atoms with Gasteiger partial charge < -0.3 is 14.3 Å². The molecule has 14 heavy (non-hydrogen) atoms. The van der Waals surface area contributed by atoms with Crippen molar-refractivity contribution in [2.24, 2.45) is 0 Å². The number of hydrogen-bond acceptors (Lipinski definition) is 2. The molecule has 74 valence electrons. The monoisotopic (exact) mass is 208 g/mol. The van der Waals surface area contributed by atoms with Crippen LogP contribution in [0.2, 0.25) is 0 Å². The number of nitrogens with zero attached hydrogens (tertiary/aromatic N) is 1. The predicted molar refractivity (Wildman–Crippen MR) is 59.3 cm³/mol. The Morgan fingerprint density at radius 1 is 1.50 bits per heavy atom. The number of H-pyrrole nitrogens is 1. The zero-order valence-corrected chi connectivity index (χ0v) is 9.02. The lowest BCUT2D eigenvalue weighted by Gasteiger charge is -2.00. The minimum atomic E-state index is 0.760. The zero-order chi connectivity index (χ0) is 10.1. The van der Waals surface area contributed by atoms with Crippen molar-refractivity contribution in [3.05, 3.63) is 23.0 Å². The second-order valence-electron chi connectivity index (χ2n) is 3.06. The fraction of sp³-hybridized carbons (Fsp3) is 0.300. The van der Waals surface area contributed by atoms with Gasteiger partial charge in [-0.15, -0.1) is 0 Å². The highest BCUT2D eigenvalue weighted by atomic mass is 32.1. The molecule has 0 aliphatic carbocycles. The van der Waals surface area contributed by atoms with E-state index in [0.717, 1.165) is 28.1 Å². The number of fused-ring (bicyclic) bond motifs is 1. The average Bonchev–Trinajstić information content (AvgIpc) is 2.51. The summed E-state index contributed by atoms with van der Waals surface area (Å²) in [5.41, 5.74) is 2.15. The Labute approximate surface area is 87.3 Å². The van der Waals surface area contributed by atoms with Crippen LogP contribution in [0.4, 0.5) is 0 Å². The van der Waals surface area contributed by atoms with Crippen LogP contribution in [-0.2, 0) is 6.54 Å². The molecule has 3 nitrogen and oxygen atoms in total. The lowest BCUT2D eigenvalue weighted by Crippen LogP contribution is -1.92. The Morgan fingerprint density at radius 3 is 2.93 bits per heavy atom. The number of imidazole rings is 1. The maximum absolute atomic E-state index is 5.20. The van der Waals surface area contributed by atoms with E-state index in [1.54, 1.807) is 7.11 Å². The van der Waals surface area contributed by atoms with Crippen LogP contribution in [0.25, 0.3) is 11.0 Å². The quantitative estimate of drug-likeness (QED) is 0.769. The molecule has 0 aliphatic rings. The lowest BCUT2D eigenvalue weighted by atomic mass is 10.3. The molecule has 0 radical (unpaired) electrons. The maximum atomic E-state index is 5.20. The standard InChI is InChI=1S/C10H12N2OS/c1-3-12-9-5-4-7(13-2)6-8(9)11-10(12)14/h4-6H,3H2,1-2H3,(H,11,14). The fourth-order valence-electron chi connectivity index (χ4n) is 1.58. The molecule has 2 rings (SSSR count). The van der Waals surface area contributed by atoms with E-state index in [4.69, 9.17) is 17.0 Å². The Morgan fingerprint density at radius 2 is 2.29 bits per heavy atom. The van der Waals surface area contributed by atoms with Gasteiger partial charge in [-0.05, 0) is 31.3 Å². The number of aromatic amines is 1. The van der Waals surface area contributed by atoms with Gasteiger partial charge in [-0.1, -0.05) is 0 Å². The molecule has 2 aromatic rings. The molecule has 0 fully saturated rings. The molecule has 0 saturated carbocycles. The van der Waals surface area contributed by atoms with E-state index in [2.05, 4.69) is 16.5 Å². The van der Waals surface area contributed by atoms with Crippen LogP contribution in [0.15, 0.2) is 18.2 Å². The van der Waals surface area contributed by atoms with E-state index in [0.29, 0.717) is 0 Å². The highest BCUT2D eigenvalue weighted by molar-refractivity contribution is 7.71. The third kappa shape index (κ3) is 1.32. The van der Waals surface area contributed by atoms with Crippen molar-refractivity contribution in [3.63, 3.8) is 0 Å². The highest BCUT2D eigenvalue weighted by Gasteiger charge is 2.03. The molecule has 1 heterocycles. The van der Waals surface area contributed by atoms with Gasteiger partial charge in [0, 0.05) is 12.6 Å². The van der Waals surface area contributed by atoms with Gasteiger partial charge in [0.1, 0.15) is 5.75 Å². The Balaban J connectivity index is 2.74. The summed E-state index contributed by atoms with van der Waals surface area (Å²) >= 11 is 5.20. The van der Waals surface area contributed by atoms with Crippen molar-refractivity contribution in [1.29, 1.82) is 0 Å². The minimum absolute atomic E-state index is 0.760. The van der Waals surface area contributed by atoms with Crippen LogP contribution < -0.4 is 4.74 Å². The summed E-state index contributed by atoms with van der Waals surface area (Å²) in [7, 11) is 1.66. The second-order valence-corrected chi connectivity index (χ2v) is 3.44. The Bertz CT molecular complexity index is 512. The molecule has 1 aromatic heterocycles. The summed E-state index contributed by atoms with van der Waals surface area (Å²) in [6.07, 6.45) is 0. The average molecular weight is 208 g/mol. The van der Waals surface area contributed by atoms with Crippen LogP contribution in [-0.4, -0.2) is 16.7 Å². The number of hydrogen-bond donors (Lipinski definition) is 1. The van der Waals surface area contributed by atoms with Crippen molar-refractivity contribution in [1.82, 2.24) is 9.55 Å². The third-order valence-corrected chi connectivity index (χ3v) is 2.62. The summed E-state index contributed by atoms with van der Waals surface area (Å²) in [6, 6.07) is 5.92. The topological polar surface area (TPSA) is 29.9 Å². The molecule has 1 aromatic carbocycles. The molecule has 0 bridgehead atoms. The minimum Gasteiger partial charge on any atom is -0.497 e. The first-order chi connectivity index (χ1) is 6.76. The molecule has 0 aliphatic heterocycles. The first-order valence-corrected chi connectivity index (χ1v) is 4.93. The smallest absolute Gasteiger partial charge is 0.178 e. The Hall–Kier alpha value is -1.29. The number of rotatable bonds is 2. The molecule has 0 spiro atoms. The van der Waals surface area contributed by atoms with Crippen molar-refractivity contribution >= 4 is 23.3 Å². The van der Waals surface area contributed by atoms with E-state index < -0.39 is 0 Å². The number of benzene rings is 1. The number of methoxy groups -OCH3 is 1. The molecular formula is C10H12N2OS. The number of aryl methyl sites for hydroxylation is 1. The van der Waals surface area contributed by atoms with Crippen LogP contribution in [0.3, 0.4) is 0 Å².